The fraction of sp³-hybridized carbons (Fsp3) is 0.462. The first-order chi connectivity index (χ1) is 9.38. The van der Waals surface area contributed by atoms with E-state index in [2.05, 4.69) is 4.98 Å². The van der Waals surface area contributed by atoms with Crippen molar-refractivity contribution in [2.24, 2.45) is 5.73 Å². The molecule has 2 aromatic rings. The lowest BCUT2D eigenvalue weighted by molar-refractivity contribution is -0.119. The second-order valence-electron chi connectivity index (χ2n) is 5.05. The third kappa shape index (κ3) is 3.05. The first kappa shape index (κ1) is 14.7. The van der Waals surface area contributed by atoms with Gasteiger partial charge < -0.3 is 5.73 Å². The van der Waals surface area contributed by atoms with Crippen molar-refractivity contribution in [3.8, 4) is 0 Å². The molecule has 0 saturated heterocycles. The normalized spacial score (nSPS) is 11.7. The summed E-state index contributed by atoms with van der Waals surface area (Å²) >= 11 is 1.43. The molecule has 2 N–H and O–H groups in total. The van der Waals surface area contributed by atoms with E-state index in [1.54, 1.807) is 4.40 Å². The molecule has 20 heavy (non-hydrogen) atoms. The number of primary amides is 1. The van der Waals surface area contributed by atoms with Crippen LogP contribution in [-0.2, 0) is 11.3 Å². The Kier molecular flexibility index (Phi) is 4.20. The van der Waals surface area contributed by atoms with Gasteiger partial charge in [0, 0.05) is 29.7 Å². The van der Waals surface area contributed by atoms with Crippen molar-refractivity contribution in [3.05, 3.63) is 33.2 Å². The van der Waals surface area contributed by atoms with Gasteiger partial charge in [-0.2, -0.15) is 0 Å². The molecule has 0 bridgehead atoms. The predicted octanol–water partition coefficient (Wildman–Crippen LogP) is 0.760. The van der Waals surface area contributed by atoms with Gasteiger partial charge in [-0.1, -0.05) is 0 Å². The van der Waals surface area contributed by atoms with E-state index in [0.29, 0.717) is 17.2 Å². The van der Waals surface area contributed by atoms with Crippen molar-refractivity contribution in [2.75, 3.05) is 6.54 Å². The van der Waals surface area contributed by atoms with Crippen molar-refractivity contribution in [3.63, 3.8) is 0 Å². The van der Waals surface area contributed by atoms with Gasteiger partial charge in [-0.05, 0) is 20.8 Å². The van der Waals surface area contributed by atoms with Gasteiger partial charge in [0.2, 0.25) is 5.91 Å². The molecule has 6 nitrogen and oxygen atoms in total. The maximum atomic E-state index is 12.1. The van der Waals surface area contributed by atoms with Gasteiger partial charge in [0.25, 0.3) is 5.56 Å². The molecule has 0 saturated carbocycles. The number of carbonyl (C=O) groups excluding carboxylic acids is 1. The van der Waals surface area contributed by atoms with E-state index in [1.807, 2.05) is 31.1 Å². The van der Waals surface area contributed by atoms with Crippen LogP contribution in [-0.4, -0.2) is 32.8 Å². The van der Waals surface area contributed by atoms with Crippen LogP contribution in [0.2, 0.25) is 0 Å². The highest BCUT2D eigenvalue weighted by Gasteiger charge is 2.15. The average Bonchev–Trinajstić information content (AvgIpc) is 2.69. The molecule has 7 heteroatoms. The van der Waals surface area contributed by atoms with Gasteiger partial charge >= 0.3 is 0 Å². The number of nitrogens with zero attached hydrogens (tertiary/aromatic N) is 3. The summed E-state index contributed by atoms with van der Waals surface area (Å²) in [6.07, 6.45) is 0. The van der Waals surface area contributed by atoms with Gasteiger partial charge in [-0.3, -0.25) is 18.9 Å². The van der Waals surface area contributed by atoms with E-state index in [0.717, 1.165) is 5.69 Å². The Bertz CT molecular complexity index is 689. The molecular formula is C13H18N4O2S. The lowest BCUT2D eigenvalue weighted by atomic mass is 10.2. The summed E-state index contributed by atoms with van der Waals surface area (Å²) in [7, 11) is 0. The predicted molar refractivity (Wildman–Crippen MR) is 78.8 cm³/mol. The number of hydrogen-bond donors (Lipinski definition) is 1. The minimum absolute atomic E-state index is 0.0912. The maximum absolute atomic E-state index is 12.1. The lowest BCUT2D eigenvalue weighted by Crippen LogP contribution is -2.38. The molecule has 0 aliphatic heterocycles. The number of carbonyl (C=O) groups is 1. The summed E-state index contributed by atoms with van der Waals surface area (Å²) < 4.78 is 1.59. The average molecular weight is 294 g/mol. The van der Waals surface area contributed by atoms with E-state index in [-0.39, 0.29) is 24.1 Å². The molecule has 0 atom stereocenters. The summed E-state index contributed by atoms with van der Waals surface area (Å²) in [6, 6.07) is 1.66. The molecule has 0 aliphatic carbocycles. The van der Waals surface area contributed by atoms with Crippen molar-refractivity contribution in [1.29, 1.82) is 0 Å². The van der Waals surface area contributed by atoms with Gasteiger partial charge in [-0.25, -0.2) is 4.98 Å². The molecule has 0 fully saturated rings. The number of thiazole rings is 1. The third-order valence-electron chi connectivity index (χ3n) is 3.08. The molecule has 108 valence electrons. The number of amides is 1. The highest BCUT2D eigenvalue weighted by molar-refractivity contribution is 7.15. The number of rotatable bonds is 5. The molecule has 2 rings (SSSR count). The fourth-order valence-electron chi connectivity index (χ4n) is 2.01. The molecule has 0 aromatic carbocycles. The monoisotopic (exact) mass is 294 g/mol. The lowest BCUT2D eigenvalue weighted by Gasteiger charge is -2.24. The van der Waals surface area contributed by atoms with Crippen LogP contribution >= 0.6 is 11.3 Å². The van der Waals surface area contributed by atoms with E-state index >= 15 is 0 Å². The zero-order chi connectivity index (χ0) is 14.9. The van der Waals surface area contributed by atoms with E-state index in [1.165, 1.54) is 17.4 Å². The fourth-order valence-corrected chi connectivity index (χ4v) is 2.90. The minimum Gasteiger partial charge on any atom is -0.369 e. The van der Waals surface area contributed by atoms with E-state index in [9.17, 15) is 9.59 Å². The zero-order valence-corrected chi connectivity index (χ0v) is 12.6. The molecular weight excluding hydrogens is 276 g/mol. The van der Waals surface area contributed by atoms with Crippen LogP contribution in [0.4, 0.5) is 0 Å². The Labute approximate surface area is 120 Å². The smallest absolute Gasteiger partial charge is 0.259 e. The number of hydrogen-bond acceptors (Lipinski definition) is 5. The number of aromatic nitrogens is 2. The Morgan fingerprint density at radius 1 is 1.55 bits per heavy atom. The zero-order valence-electron chi connectivity index (χ0n) is 11.8. The standard InChI is InChI=1S/C13H18N4O2S/c1-8(2)16(6-11(14)18)5-10-4-12(19)17-9(3)7-20-13(17)15-10/h4,7-8H,5-6H2,1-3H3,(H2,14,18). The summed E-state index contributed by atoms with van der Waals surface area (Å²) in [4.78, 5) is 30.2. The topological polar surface area (TPSA) is 80.7 Å². The van der Waals surface area contributed by atoms with Crippen molar-refractivity contribution >= 4 is 22.2 Å². The largest absolute Gasteiger partial charge is 0.369 e. The van der Waals surface area contributed by atoms with Gasteiger partial charge in [0.1, 0.15) is 0 Å². The quantitative estimate of drug-likeness (QED) is 0.883. The first-order valence-corrected chi connectivity index (χ1v) is 7.25. The Morgan fingerprint density at radius 3 is 2.85 bits per heavy atom. The van der Waals surface area contributed by atoms with Gasteiger partial charge in [0.15, 0.2) is 4.96 Å². The number of nitrogens with two attached hydrogens (primary N) is 1. The van der Waals surface area contributed by atoms with E-state index < -0.39 is 0 Å². The van der Waals surface area contributed by atoms with Crippen LogP contribution in [0.5, 0.6) is 0 Å². The SMILES string of the molecule is Cc1csc2nc(CN(CC(N)=O)C(C)C)cc(=O)n12. The van der Waals surface area contributed by atoms with Crippen molar-refractivity contribution in [1.82, 2.24) is 14.3 Å². The Morgan fingerprint density at radius 2 is 2.25 bits per heavy atom. The van der Waals surface area contributed by atoms with Crippen LogP contribution < -0.4 is 11.3 Å². The van der Waals surface area contributed by atoms with Crippen LogP contribution in [0.3, 0.4) is 0 Å². The van der Waals surface area contributed by atoms with Gasteiger partial charge in [-0.15, -0.1) is 11.3 Å². The molecule has 2 aromatic heterocycles. The second kappa shape index (κ2) is 5.72. The maximum Gasteiger partial charge on any atom is 0.259 e. The molecule has 0 radical (unpaired) electrons. The first-order valence-electron chi connectivity index (χ1n) is 6.37. The van der Waals surface area contributed by atoms with Crippen LogP contribution in [0.25, 0.3) is 4.96 Å². The van der Waals surface area contributed by atoms with Crippen LogP contribution in [0, 0.1) is 6.92 Å². The van der Waals surface area contributed by atoms with Crippen LogP contribution in [0.15, 0.2) is 16.2 Å². The molecule has 0 spiro atoms. The summed E-state index contributed by atoms with van der Waals surface area (Å²) in [5.41, 5.74) is 6.69. The summed E-state index contributed by atoms with van der Waals surface area (Å²) in [5, 5.41) is 1.90. The summed E-state index contributed by atoms with van der Waals surface area (Å²) in [6.45, 7) is 6.42. The second-order valence-corrected chi connectivity index (χ2v) is 5.88. The Hall–Kier alpha value is -1.73. The molecule has 0 unspecified atom stereocenters. The summed E-state index contributed by atoms with van der Waals surface area (Å²) in [5.74, 6) is -0.386. The molecule has 2 heterocycles. The molecule has 1 amide bonds. The third-order valence-corrected chi connectivity index (χ3v) is 4.03. The number of aryl methyl sites for hydroxylation is 1. The number of fused-ring (bicyclic) bond motifs is 1. The minimum atomic E-state index is -0.386. The highest BCUT2D eigenvalue weighted by Crippen LogP contribution is 2.13. The molecule has 0 aliphatic rings. The van der Waals surface area contributed by atoms with Crippen molar-refractivity contribution in [2.45, 2.75) is 33.4 Å². The highest BCUT2D eigenvalue weighted by atomic mass is 32.1. The Balaban J connectivity index is 2.33. The van der Waals surface area contributed by atoms with Crippen LogP contribution in [0.1, 0.15) is 25.2 Å². The van der Waals surface area contributed by atoms with Crippen molar-refractivity contribution < 1.29 is 4.79 Å². The van der Waals surface area contributed by atoms with E-state index in [4.69, 9.17) is 5.73 Å². The van der Waals surface area contributed by atoms with Gasteiger partial charge in [0.05, 0.1) is 12.2 Å².